The minimum atomic E-state index is -0.132. The van der Waals surface area contributed by atoms with Crippen LogP contribution >= 0.6 is 0 Å². The van der Waals surface area contributed by atoms with Crippen molar-refractivity contribution in [2.75, 3.05) is 7.11 Å². The zero-order chi connectivity index (χ0) is 14.2. The van der Waals surface area contributed by atoms with Crippen molar-refractivity contribution in [1.82, 2.24) is 0 Å². The lowest BCUT2D eigenvalue weighted by molar-refractivity contribution is 0.0276. The van der Waals surface area contributed by atoms with E-state index in [-0.39, 0.29) is 17.6 Å². The zero-order valence-electron chi connectivity index (χ0n) is 12.3. The van der Waals surface area contributed by atoms with E-state index in [1.165, 1.54) is 11.1 Å². The van der Waals surface area contributed by atoms with Crippen LogP contribution in [0.3, 0.4) is 0 Å². The summed E-state index contributed by atoms with van der Waals surface area (Å²) in [7, 11) is 1.73. The number of hydrogen-bond acceptors (Lipinski definition) is 3. The summed E-state index contributed by atoms with van der Waals surface area (Å²) in [6, 6.07) is 5.61. The molecule has 0 heterocycles. The Balaban J connectivity index is 2.65. The highest BCUT2D eigenvalue weighted by Gasteiger charge is 2.48. The largest absolute Gasteiger partial charge is 0.508 e. The second-order valence-electron chi connectivity index (χ2n) is 5.89. The quantitative estimate of drug-likeness (QED) is 0.881. The molecule has 19 heavy (non-hydrogen) atoms. The maximum atomic E-state index is 9.84. The Labute approximate surface area is 115 Å². The van der Waals surface area contributed by atoms with Crippen LogP contribution in [0.2, 0.25) is 0 Å². The predicted octanol–water partition coefficient (Wildman–Crippen LogP) is 2.59. The monoisotopic (exact) mass is 263 g/mol. The number of hydrogen-bond donors (Lipinski definition) is 2. The van der Waals surface area contributed by atoms with E-state index in [1.807, 2.05) is 12.1 Å². The zero-order valence-corrected chi connectivity index (χ0v) is 12.3. The Morgan fingerprint density at radius 3 is 2.68 bits per heavy atom. The molecule has 106 valence electrons. The van der Waals surface area contributed by atoms with Crippen molar-refractivity contribution >= 4 is 0 Å². The van der Waals surface area contributed by atoms with Crippen LogP contribution in [0.1, 0.15) is 38.3 Å². The fourth-order valence-corrected chi connectivity index (χ4v) is 3.79. The average Bonchev–Trinajstić information content (AvgIpc) is 2.38. The first-order valence-electron chi connectivity index (χ1n) is 7.08. The van der Waals surface area contributed by atoms with E-state index in [0.717, 1.165) is 12.8 Å². The Morgan fingerprint density at radius 1 is 1.47 bits per heavy atom. The van der Waals surface area contributed by atoms with Crippen LogP contribution in [-0.4, -0.2) is 24.4 Å². The van der Waals surface area contributed by atoms with E-state index >= 15 is 0 Å². The van der Waals surface area contributed by atoms with E-state index < -0.39 is 0 Å². The summed E-state index contributed by atoms with van der Waals surface area (Å²) in [6.07, 6.45) is 1.81. The molecule has 0 spiro atoms. The van der Waals surface area contributed by atoms with Gasteiger partial charge in [0.15, 0.2) is 0 Å². The lowest BCUT2D eigenvalue weighted by Crippen LogP contribution is -2.59. The van der Waals surface area contributed by atoms with Gasteiger partial charge in [0.2, 0.25) is 0 Å². The highest BCUT2D eigenvalue weighted by molar-refractivity contribution is 5.45. The third kappa shape index (κ3) is 2.05. The second kappa shape index (κ2) is 5.14. The number of aromatic hydroxyl groups is 1. The average molecular weight is 263 g/mol. The van der Waals surface area contributed by atoms with Gasteiger partial charge in [0, 0.05) is 25.0 Å². The molecule has 0 bridgehead atoms. The van der Waals surface area contributed by atoms with E-state index in [4.69, 9.17) is 10.5 Å². The summed E-state index contributed by atoms with van der Waals surface area (Å²) in [5, 5.41) is 9.84. The summed E-state index contributed by atoms with van der Waals surface area (Å²) < 4.78 is 5.61. The van der Waals surface area contributed by atoms with Crippen LogP contribution in [0.25, 0.3) is 0 Å². The fraction of sp³-hybridized carbons (Fsp3) is 0.625. The topological polar surface area (TPSA) is 55.5 Å². The van der Waals surface area contributed by atoms with Gasteiger partial charge in [-0.15, -0.1) is 0 Å². The molecule has 1 aromatic carbocycles. The number of fused-ring (bicyclic) bond motifs is 1. The van der Waals surface area contributed by atoms with Gasteiger partial charge in [0.25, 0.3) is 0 Å². The molecular formula is C16H25NO2. The maximum Gasteiger partial charge on any atom is 0.115 e. The van der Waals surface area contributed by atoms with Crippen LogP contribution in [0.5, 0.6) is 5.75 Å². The molecule has 0 aliphatic heterocycles. The molecule has 0 fully saturated rings. The number of phenols is 1. The second-order valence-corrected chi connectivity index (χ2v) is 5.89. The van der Waals surface area contributed by atoms with Gasteiger partial charge < -0.3 is 15.6 Å². The number of nitrogens with two attached hydrogens (primary N) is 1. The third-order valence-electron chi connectivity index (χ3n) is 4.93. The van der Waals surface area contributed by atoms with Gasteiger partial charge >= 0.3 is 0 Å². The van der Waals surface area contributed by atoms with E-state index in [9.17, 15) is 5.11 Å². The van der Waals surface area contributed by atoms with Crippen molar-refractivity contribution in [3.63, 3.8) is 0 Å². The Morgan fingerprint density at radius 2 is 2.16 bits per heavy atom. The van der Waals surface area contributed by atoms with Crippen LogP contribution in [0.4, 0.5) is 0 Å². The highest BCUT2D eigenvalue weighted by Crippen LogP contribution is 2.46. The lowest BCUT2D eigenvalue weighted by Gasteiger charge is -2.49. The number of ether oxygens (including phenoxy) is 1. The minimum Gasteiger partial charge on any atom is -0.508 e. The van der Waals surface area contributed by atoms with Crippen molar-refractivity contribution in [2.24, 2.45) is 11.7 Å². The Hall–Kier alpha value is -1.06. The normalized spacial score (nSPS) is 30.4. The number of methoxy groups -OCH3 is 1. The van der Waals surface area contributed by atoms with Gasteiger partial charge in [-0.1, -0.05) is 26.8 Å². The van der Waals surface area contributed by atoms with Gasteiger partial charge in [0.1, 0.15) is 5.75 Å². The summed E-state index contributed by atoms with van der Waals surface area (Å²) in [5.41, 5.74) is 8.86. The lowest BCUT2D eigenvalue weighted by atomic mass is 9.59. The van der Waals surface area contributed by atoms with Crippen LogP contribution < -0.4 is 5.73 Å². The van der Waals surface area contributed by atoms with Crippen molar-refractivity contribution in [2.45, 2.75) is 51.2 Å². The Kier molecular flexibility index (Phi) is 3.88. The maximum absolute atomic E-state index is 9.84. The molecule has 1 aromatic rings. The van der Waals surface area contributed by atoms with Gasteiger partial charge in [-0.05, 0) is 35.6 Å². The predicted molar refractivity (Wildman–Crippen MR) is 77.4 cm³/mol. The van der Waals surface area contributed by atoms with E-state index in [2.05, 4.69) is 20.8 Å². The molecule has 2 rings (SSSR count). The van der Waals surface area contributed by atoms with Gasteiger partial charge in [-0.2, -0.15) is 0 Å². The molecule has 0 radical (unpaired) electrons. The number of phenolic OH excluding ortho intramolecular Hbond substituents is 1. The molecule has 3 atom stereocenters. The summed E-state index contributed by atoms with van der Waals surface area (Å²) >= 11 is 0. The van der Waals surface area contributed by atoms with Gasteiger partial charge in [-0.25, -0.2) is 0 Å². The van der Waals surface area contributed by atoms with Crippen molar-refractivity contribution in [3.8, 4) is 5.75 Å². The number of rotatable bonds is 3. The third-order valence-corrected chi connectivity index (χ3v) is 4.93. The first kappa shape index (κ1) is 14.4. The SMILES string of the molecule is CCC1(C(C)C)c2cc(O)ccc2CC(OC)C1N. The minimum absolute atomic E-state index is 0.0411. The van der Waals surface area contributed by atoms with Crippen molar-refractivity contribution in [3.05, 3.63) is 29.3 Å². The molecule has 0 amide bonds. The van der Waals surface area contributed by atoms with Crippen LogP contribution in [-0.2, 0) is 16.6 Å². The van der Waals surface area contributed by atoms with Gasteiger partial charge in [0.05, 0.1) is 6.10 Å². The number of benzene rings is 1. The summed E-state index contributed by atoms with van der Waals surface area (Å²) in [4.78, 5) is 0. The fourth-order valence-electron chi connectivity index (χ4n) is 3.79. The molecule has 3 nitrogen and oxygen atoms in total. The molecule has 0 aromatic heterocycles. The molecule has 0 saturated heterocycles. The van der Waals surface area contributed by atoms with Gasteiger partial charge in [-0.3, -0.25) is 0 Å². The molecule has 0 saturated carbocycles. The van der Waals surface area contributed by atoms with E-state index in [1.54, 1.807) is 13.2 Å². The molecule has 3 N–H and O–H groups in total. The molecule has 1 aliphatic rings. The van der Waals surface area contributed by atoms with Crippen LogP contribution in [0.15, 0.2) is 18.2 Å². The van der Waals surface area contributed by atoms with E-state index in [0.29, 0.717) is 11.7 Å². The van der Waals surface area contributed by atoms with Crippen LogP contribution in [0, 0.1) is 5.92 Å². The van der Waals surface area contributed by atoms with Crippen molar-refractivity contribution in [1.29, 1.82) is 0 Å². The molecule has 3 heteroatoms. The smallest absolute Gasteiger partial charge is 0.115 e. The molecule has 3 unspecified atom stereocenters. The Bertz CT molecular complexity index is 458. The summed E-state index contributed by atoms with van der Waals surface area (Å²) in [5.74, 6) is 0.714. The first-order chi connectivity index (χ1) is 8.97. The highest BCUT2D eigenvalue weighted by atomic mass is 16.5. The molecule has 1 aliphatic carbocycles. The van der Waals surface area contributed by atoms with Crippen molar-refractivity contribution < 1.29 is 9.84 Å². The first-order valence-corrected chi connectivity index (χ1v) is 7.08. The summed E-state index contributed by atoms with van der Waals surface area (Å²) in [6.45, 7) is 6.58. The molecular weight excluding hydrogens is 238 g/mol. The standard InChI is InChI=1S/C16H25NO2/c1-5-16(10(2)3)13-9-12(18)7-6-11(13)8-14(19-4)15(16)17/h6-7,9-10,14-15,18H,5,8,17H2,1-4H3.